The quantitative estimate of drug-likeness (QED) is 0.469. The van der Waals surface area contributed by atoms with E-state index in [9.17, 15) is 5.21 Å². The third kappa shape index (κ3) is 3.80. The van der Waals surface area contributed by atoms with Crippen LogP contribution in [0.15, 0.2) is 70.2 Å². The Hall–Kier alpha value is -2.46. The second-order valence-corrected chi connectivity index (χ2v) is 7.41. The summed E-state index contributed by atoms with van der Waals surface area (Å²) in [6.45, 7) is 5.82. The number of hydrogen-bond acceptors (Lipinski definition) is 4. The second kappa shape index (κ2) is 7.62. The molecule has 0 radical (unpaired) electrons. The van der Waals surface area contributed by atoms with E-state index < -0.39 is 0 Å². The molecule has 0 unspecified atom stereocenters. The summed E-state index contributed by atoms with van der Waals surface area (Å²) in [5.74, 6) is 0. The number of aryl methyl sites for hydroxylation is 1. The third-order valence-electron chi connectivity index (χ3n) is 4.25. The van der Waals surface area contributed by atoms with Gasteiger partial charge in [-0.15, -0.1) is 11.8 Å². The molecular formula is C21H22N2OS. The predicted molar refractivity (Wildman–Crippen MR) is 107 cm³/mol. The van der Waals surface area contributed by atoms with Gasteiger partial charge in [-0.2, -0.15) is 0 Å². The molecule has 0 amide bonds. The summed E-state index contributed by atoms with van der Waals surface area (Å²) in [5.41, 5.74) is 13.0. The highest BCUT2D eigenvalue weighted by Gasteiger charge is 2.25. The largest absolute Gasteiger partial charge is 0.410 e. The fourth-order valence-corrected chi connectivity index (χ4v) is 3.56. The Morgan fingerprint density at radius 1 is 1.16 bits per heavy atom. The Morgan fingerprint density at radius 2 is 1.88 bits per heavy atom. The molecule has 4 heteroatoms. The molecule has 3 N–H and O–H groups in total. The van der Waals surface area contributed by atoms with Crippen LogP contribution in [-0.4, -0.2) is 10.9 Å². The highest BCUT2D eigenvalue weighted by molar-refractivity contribution is 8.05. The number of nitrogens with zero attached hydrogens (tertiary/aromatic N) is 1. The molecule has 0 saturated carbocycles. The molecule has 1 aliphatic rings. The van der Waals surface area contributed by atoms with Crippen molar-refractivity contribution in [1.82, 2.24) is 0 Å². The molecule has 128 valence electrons. The van der Waals surface area contributed by atoms with Gasteiger partial charge in [-0.05, 0) is 59.3 Å². The topological polar surface area (TPSA) is 58.6 Å². The molecule has 0 bridgehead atoms. The predicted octanol–water partition coefficient (Wildman–Crippen LogP) is 5.28. The number of thioether (sulfide) groups is 1. The summed E-state index contributed by atoms with van der Waals surface area (Å²) in [6, 6.07) is 14.4. The van der Waals surface area contributed by atoms with Crippen molar-refractivity contribution >= 4 is 17.5 Å². The summed E-state index contributed by atoms with van der Waals surface area (Å²) in [7, 11) is 0. The smallest absolute Gasteiger partial charge is 0.118 e. The van der Waals surface area contributed by atoms with Crippen LogP contribution >= 0.6 is 11.8 Å². The molecule has 0 heterocycles. The molecule has 0 saturated heterocycles. The molecule has 0 fully saturated rings. The van der Waals surface area contributed by atoms with Crippen molar-refractivity contribution in [2.24, 2.45) is 10.9 Å². The Bertz CT molecular complexity index is 868. The summed E-state index contributed by atoms with van der Waals surface area (Å²) in [5, 5.41) is 15.0. The summed E-state index contributed by atoms with van der Waals surface area (Å²) in [6.07, 6.45) is 2.78. The van der Waals surface area contributed by atoms with Crippen LogP contribution in [0.3, 0.4) is 0 Å². The normalized spacial score (nSPS) is 14.4. The van der Waals surface area contributed by atoms with Gasteiger partial charge in [-0.25, -0.2) is 0 Å². The van der Waals surface area contributed by atoms with Crippen molar-refractivity contribution in [3.63, 3.8) is 0 Å². The van der Waals surface area contributed by atoms with Crippen molar-refractivity contribution in [3.05, 3.63) is 81.7 Å². The van der Waals surface area contributed by atoms with E-state index in [1.54, 1.807) is 11.8 Å². The number of nitrogens with two attached hydrogens (primary N) is 1. The van der Waals surface area contributed by atoms with Crippen molar-refractivity contribution < 1.29 is 5.21 Å². The van der Waals surface area contributed by atoms with Crippen LogP contribution in [0.4, 0.5) is 0 Å². The fraction of sp³-hybridized carbons (Fsp3) is 0.190. The van der Waals surface area contributed by atoms with Crippen molar-refractivity contribution in [3.8, 4) is 11.1 Å². The lowest BCUT2D eigenvalue weighted by Gasteiger charge is -2.06. The van der Waals surface area contributed by atoms with E-state index in [0.717, 1.165) is 52.1 Å². The maximum Gasteiger partial charge on any atom is 0.118 e. The molecule has 2 aromatic rings. The minimum atomic E-state index is 0.657. The van der Waals surface area contributed by atoms with E-state index in [4.69, 9.17) is 5.73 Å². The van der Waals surface area contributed by atoms with Crippen molar-refractivity contribution in [2.45, 2.75) is 26.2 Å². The first kappa shape index (κ1) is 17.4. The van der Waals surface area contributed by atoms with Gasteiger partial charge in [-0.1, -0.05) is 48.1 Å². The monoisotopic (exact) mass is 350 g/mol. The Balaban J connectivity index is 1.72. The zero-order valence-electron chi connectivity index (χ0n) is 14.3. The Kier molecular flexibility index (Phi) is 5.29. The number of benzene rings is 2. The zero-order chi connectivity index (χ0) is 17.8. The van der Waals surface area contributed by atoms with Gasteiger partial charge in [0.25, 0.3) is 0 Å². The standard InChI is InChI=1S/C21H22N2OS/c1-14(2)25-13-16(22)7-5-6-15-10-11-18-17-8-3-4-9-19(17)21(23-24)20(18)12-15/h3-4,8-13,24H,1,5-7,22H2,2H3/b16-13-,23-21-. The van der Waals surface area contributed by atoms with Crippen LogP contribution in [0.1, 0.15) is 36.5 Å². The van der Waals surface area contributed by atoms with Gasteiger partial charge in [0.1, 0.15) is 5.71 Å². The summed E-state index contributed by atoms with van der Waals surface area (Å²) in [4.78, 5) is 1.04. The van der Waals surface area contributed by atoms with Gasteiger partial charge in [0.15, 0.2) is 0 Å². The van der Waals surface area contributed by atoms with Crippen LogP contribution < -0.4 is 5.73 Å². The molecule has 3 rings (SSSR count). The summed E-state index contributed by atoms with van der Waals surface area (Å²) >= 11 is 1.57. The molecule has 0 spiro atoms. The van der Waals surface area contributed by atoms with Gasteiger partial charge in [0, 0.05) is 16.8 Å². The van der Waals surface area contributed by atoms with Gasteiger partial charge in [-0.3, -0.25) is 0 Å². The average molecular weight is 350 g/mol. The van der Waals surface area contributed by atoms with Crippen LogP contribution in [0, 0.1) is 0 Å². The lowest BCUT2D eigenvalue weighted by Crippen LogP contribution is -2.00. The van der Waals surface area contributed by atoms with Crippen LogP contribution in [0.5, 0.6) is 0 Å². The molecule has 25 heavy (non-hydrogen) atoms. The van der Waals surface area contributed by atoms with Gasteiger partial charge in [0.2, 0.25) is 0 Å². The van der Waals surface area contributed by atoms with Gasteiger partial charge >= 0.3 is 0 Å². The second-order valence-electron chi connectivity index (χ2n) is 6.24. The SMILES string of the molecule is C=C(C)S/C=C(\N)CCCc1ccc2c(c1)/C(=N\O)c1ccccc1-2. The first-order valence-corrected chi connectivity index (χ1v) is 9.20. The first-order chi connectivity index (χ1) is 12.1. The first-order valence-electron chi connectivity index (χ1n) is 8.32. The zero-order valence-corrected chi connectivity index (χ0v) is 15.1. The van der Waals surface area contributed by atoms with Crippen LogP contribution in [0.2, 0.25) is 0 Å². The Morgan fingerprint density at radius 3 is 2.60 bits per heavy atom. The van der Waals surface area contributed by atoms with E-state index >= 15 is 0 Å². The van der Waals surface area contributed by atoms with Gasteiger partial charge in [0.05, 0.1) is 0 Å². The number of allylic oxidation sites excluding steroid dienone is 2. The maximum absolute atomic E-state index is 9.46. The van der Waals surface area contributed by atoms with E-state index in [1.165, 1.54) is 5.56 Å². The van der Waals surface area contributed by atoms with E-state index in [2.05, 4.69) is 36.0 Å². The van der Waals surface area contributed by atoms with Crippen molar-refractivity contribution in [2.75, 3.05) is 0 Å². The molecule has 0 aliphatic heterocycles. The molecule has 2 aromatic carbocycles. The van der Waals surface area contributed by atoms with Crippen molar-refractivity contribution in [1.29, 1.82) is 0 Å². The fourth-order valence-electron chi connectivity index (χ4n) is 3.09. The minimum Gasteiger partial charge on any atom is -0.410 e. The molecular weight excluding hydrogens is 328 g/mol. The lowest BCUT2D eigenvalue weighted by atomic mass is 10.00. The highest BCUT2D eigenvalue weighted by atomic mass is 32.2. The average Bonchev–Trinajstić information content (AvgIpc) is 2.93. The minimum absolute atomic E-state index is 0.657. The van der Waals surface area contributed by atoms with E-state index in [-0.39, 0.29) is 0 Å². The van der Waals surface area contributed by atoms with Crippen LogP contribution in [0.25, 0.3) is 11.1 Å². The number of hydrogen-bond donors (Lipinski definition) is 2. The van der Waals surface area contributed by atoms with E-state index in [0.29, 0.717) is 5.71 Å². The number of fused-ring (bicyclic) bond motifs is 3. The highest BCUT2D eigenvalue weighted by Crippen LogP contribution is 2.37. The number of rotatable bonds is 6. The van der Waals surface area contributed by atoms with Gasteiger partial charge < -0.3 is 10.9 Å². The van der Waals surface area contributed by atoms with E-state index in [1.807, 2.05) is 30.5 Å². The van der Waals surface area contributed by atoms with Crippen LogP contribution in [-0.2, 0) is 6.42 Å². The Labute approximate surface area is 152 Å². The summed E-state index contributed by atoms with van der Waals surface area (Å²) < 4.78 is 0. The molecule has 3 nitrogen and oxygen atoms in total. The number of oxime groups is 1. The maximum atomic E-state index is 9.46. The molecule has 0 atom stereocenters. The third-order valence-corrected chi connectivity index (χ3v) is 5.08. The molecule has 0 aromatic heterocycles. The molecule has 1 aliphatic carbocycles. The lowest BCUT2D eigenvalue weighted by molar-refractivity contribution is 0.320.